The summed E-state index contributed by atoms with van der Waals surface area (Å²) in [6.45, 7) is 2.96. The normalized spacial score (nSPS) is 22.5. The lowest BCUT2D eigenvalue weighted by Crippen LogP contribution is -2.35. The molecule has 1 N–H and O–H groups in total. The van der Waals surface area contributed by atoms with E-state index in [1.807, 2.05) is 32.0 Å². The molecule has 2 aliphatic heterocycles. The number of carbonyl (C=O) groups is 2. The molecular formula is C23H25N3O4. The average Bonchev–Trinajstić information content (AvgIpc) is 3.22. The number of likely N-dealkylation sites (tertiary alicyclic amines) is 1. The highest BCUT2D eigenvalue weighted by molar-refractivity contribution is 6.46. The molecule has 1 aromatic carbocycles. The van der Waals surface area contributed by atoms with Crippen LogP contribution in [0, 0.1) is 0 Å². The van der Waals surface area contributed by atoms with Gasteiger partial charge in [-0.2, -0.15) is 0 Å². The van der Waals surface area contributed by atoms with Crippen molar-refractivity contribution in [1.29, 1.82) is 0 Å². The quantitative estimate of drug-likeness (QED) is 0.466. The molecule has 156 valence electrons. The highest BCUT2D eigenvalue weighted by atomic mass is 16.5. The summed E-state index contributed by atoms with van der Waals surface area (Å²) in [5.41, 5.74) is 2.34. The Labute approximate surface area is 175 Å². The molecule has 0 spiro atoms. The van der Waals surface area contributed by atoms with Crippen LogP contribution in [0.25, 0.3) is 5.76 Å². The number of Topliss-reactive ketones (excluding diaryl/α,β-unsaturated/α-hetero) is 1. The lowest BCUT2D eigenvalue weighted by Gasteiger charge is -2.26. The Morgan fingerprint density at radius 2 is 1.97 bits per heavy atom. The van der Waals surface area contributed by atoms with E-state index >= 15 is 0 Å². The first-order valence-electron chi connectivity index (χ1n) is 10.00. The van der Waals surface area contributed by atoms with Crippen LogP contribution in [0.3, 0.4) is 0 Å². The summed E-state index contributed by atoms with van der Waals surface area (Å²) in [4.78, 5) is 33.4. The van der Waals surface area contributed by atoms with Gasteiger partial charge in [0.05, 0.1) is 11.6 Å². The summed E-state index contributed by atoms with van der Waals surface area (Å²) in [7, 11) is 3.82. The number of carbonyl (C=O) groups excluding carboxylic acids is 2. The van der Waals surface area contributed by atoms with Crippen molar-refractivity contribution >= 4 is 17.4 Å². The summed E-state index contributed by atoms with van der Waals surface area (Å²) >= 11 is 0. The van der Waals surface area contributed by atoms with Crippen LogP contribution in [0.2, 0.25) is 0 Å². The van der Waals surface area contributed by atoms with E-state index in [-0.39, 0.29) is 17.4 Å². The first-order chi connectivity index (χ1) is 14.4. The van der Waals surface area contributed by atoms with E-state index < -0.39 is 17.7 Å². The SMILES string of the molecule is CC1Cc2cc(C(O)=C3C(=O)C(=O)N(CCN(C)C)C3c3ccncc3)ccc2O1. The number of nitrogens with zero attached hydrogens (tertiary/aromatic N) is 3. The lowest BCUT2D eigenvalue weighted by molar-refractivity contribution is -0.140. The number of hydrogen-bond donors (Lipinski definition) is 1. The van der Waals surface area contributed by atoms with Crippen LogP contribution >= 0.6 is 0 Å². The zero-order chi connectivity index (χ0) is 21.4. The lowest BCUT2D eigenvalue weighted by atomic mass is 9.95. The van der Waals surface area contributed by atoms with E-state index in [0.717, 1.165) is 23.3 Å². The van der Waals surface area contributed by atoms with Crippen molar-refractivity contribution < 1.29 is 19.4 Å². The number of benzene rings is 1. The second-order valence-corrected chi connectivity index (χ2v) is 8.03. The molecule has 2 aromatic rings. The third-order valence-electron chi connectivity index (χ3n) is 5.52. The molecule has 0 aliphatic carbocycles. The molecule has 4 rings (SSSR count). The molecule has 2 atom stereocenters. The van der Waals surface area contributed by atoms with Gasteiger partial charge in [-0.05, 0) is 62.5 Å². The summed E-state index contributed by atoms with van der Waals surface area (Å²) in [5.74, 6) is -0.641. The van der Waals surface area contributed by atoms with Gasteiger partial charge in [-0.15, -0.1) is 0 Å². The van der Waals surface area contributed by atoms with Crippen molar-refractivity contribution in [3.63, 3.8) is 0 Å². The van der Waals surface area contributed by atoms with E-state index in [2.05, 4.69) is 4.98 Å². The van der Waals surface area contributed by atoms with Gasteiger partial charge in [0.25, 0.3) is 11.7 Å². The topological polar surface area (TPSA) is 83.0 Å². The zero-order valence-electron chi connectivity index (χ0n) is 17.3. The van der Waals surface area contributed by atoms with E-state index in [9.17, 15) is 14.7 Å². The average molecular weight is 407 g/mol. The molecule has 0 saturated carbocycles. The Morgan fingerprint density at radius 1 is 1.23 bits per heavy atom. The Hall–Kier alpha value is -3.19. The molecule has 0 bridgehead atoms. The molecule has 2 aliphatic rings. The third-order valence-corrected chi connectivity index (χ3v) is 5.52. The number of aromatic nitrogens is 1. The maximum atomic E-state index is 13.0. The predicted octanol–water partition coefficient (Wildman–Crippen LogP) is 2.39. The van der Waals surface area contributed by atoms with Gasteiger partial charge in [-0.1, -0.05) is 0 Å². The van der Waals surface area contributed by atoms with E-state index in [4.69, 9.17) is 4.74 Å². The van der Waals surface area contributed by atoms with Crippen molar-refractivity contribution in [3.8, 4) is 5.75 Å². The molecular weight excluding hydrogens is 382 g/mol. The summed E-state index contributed by atoms with van der Waals surface area (Å²) in [5, 5.41) is 11.1. The van der Waals surface area contributed by atoms with Crippen LogP contribution in [0.15, 0.2) is 48.3 Å². The molecule has 30 heavy (non-hydrogen) atoms. The van der Waals surface area contributed by atoms with Gasteiger partial charge >= 0.3 is 0 Å². The van der Waals surface area contributed by atoms with Gasteiger partial charge in [-0.25, -0.2) is 0 Å². The molecule has 3 heterocycles. The molecule has 2 unspecified atom stereocenters. The van der Waals surface area contributed by atoms with Crippen molar-refractivity contribution in [3.05, 3.63) is 65.0 Å². The minimum absolute atomic E-state index is 0.0748. The Bertz CT molecular complexity index is 1020. The van der Waals surface area contributed by atoms with Gasteiger partial charge in [0.15, 0.2) is 0 Å². The number of rotatable bonds is 5. The molecule has 0 radical (unpaired) electrons. The number of hydrogen-bond acceptors (Lipinski definition) is 6. The molecule has 1 fully saturated rings. The van der Waals surface area contributed by atoms with Crippen molar-refractivity contribution in [2.45, 2.75) is 25.5 Å². The van der Waals surface area contributed by atoms with Gasteiger partial charge in [0.1, 0.15) is 17.6 Å². The number of ether oxygens (including phenoxy) is 1. The fraction of sp³-hybridized carbons (Fsp3) is 0.348. The van der Waals surface area contributed by atoms with Gasteiger partial charge < -0.3 is 19.6 Å². The second kappa shape index (κ2) is 7.91. The Balaban J connectivity index is 1.80. The van der Waals surface area contributed by atoms with Crippen LogP contribution in [-0.4, -0.2) is 64.9 Å². The monoisotopic (exact) mass is 407 g/mol. The highest BCUT2D eigenvalue weighted by Gasteiger charge is 2.46. The first-order valence-corrected chi connectivity index (χ1v) is 10.00. The van der Waals surface area contributed by atoms with Crippen LogP contribution in [0.1, 0.15) is 29.7 Å². The Kier molecular flexibility index (Phi) is 5.30. The van der Waals surface area contributed by atoms with Crippen LogP contribution in [-0.2, 0) is 16.0 Å². The van der Waals surface area contributed by atoms with Crippen molar-refractivity contribution in [1.82, 2.24) is 14.8 Å². The van der Waals surface area contributed by atoms with Gasteiger partial charge in [0.2, 0.25) is 0 Å². The predicted molar refractivity (Wildman–Crippen MR) is 112 cm³/mol. The van der Waals surface area contributed by atoms with E-state index in [1.165, 1.54) is 4.90 Å². The fourth-order valence-corrected chi connectivity index (χ4v) is 4.04. The highest BCUT2D eigenvalue weighted by Crippen LogP contribution is 2.40. The molecule has 7 nitrogen and oxygen atoms in total. The maximum absolute atomic E-state index is 13.0. The van der Waals surface area contributed by atoms with Gasteiger partial charge in [0, 0.05) is 37.5 Å². The standard InChI is InChI=1S/C23H25N3O4/c1-14-12-17-13-16(4-5-18(17)30-14)21(27)19-20(15-6-8-24-9-7-15)26(11-10-25(2)3)23(29)22(19)28/h4-9,13-14,20,27H,10-12H2,1-3H3. The number of aliphatic hydroxyl groups excluding tert-OH is 1. The van der Waals surface area contributed by atoms with Crippen LogP contribution in [0.4, 0.5) is 0 Å². The van der Waals surface area contributed by atoms with Crippen LogP contribution in [0.5, 0.6) is 5.75 Å². The largest absolute Gasteiger partial charge is 0.507 e. The second-order valence-electron chi connectivity index (χ2n) is 8.03. The molecule has 1 aromatic heterocycles. The van der Waals surface area contributed by atoms with Gasteiger partial charge in [-0.3, -0.25) is 14.6 Å². The maximum Gasteiger partial charge on any atom is 0.295 e. The first kappa shape index (κ1) is 20.1. The third kappa shape index (κ3) is 3.57. The minimum Gasteiger partial charge on any atom is -0.507 e. The zero-order valence-corrected chi connectivity index (χ0v) is 17.3. The summed E-state index contributed by atoms with van der Waals surface area (Å²) < 4.78 is 5.73. The van der Waals surface area contributed by atoms with E-state index in [0.29, 0.717) is 18.7 Å². The summed E-state index contributed by atoms with van der Waals surface area (Å²) in [6, 6.07) is 8.25. The van der Waals surface area contributed by atoms with Crippen molar-refractivity contribution in [2.24, 2.45) is 0 Å². The number of ketones is 1. The minimum atomic E-state index is -0.668. The fourth-order valence-electron chi connectivity index (χ4n) is 4.04. The molecule has 7 heteroatoms. The molecule has 1 amide bonds. The Morgan fingerprint density at radius 3 is 2.67 bits per heavy atom. The summed E-state index contributed by atoms with van der Waals surface area (Å²) in [6.07, 6.45) is 4.05. The number of amides is 1. The van der Waals surface area contributed by atoms with E-state index in [1.54, 1.807) is 36.7 Å². The number of likely N-dealkylation sites (N-methyl/N-ethyl adjacent to an activating group) is 1. The number of fused-ring (bicyclic) bond motifs is 1. The van der Waals surface area contributed by atoms with Crippen LogP contribution < -0.4 is 4.74 Å². The van der Waals surface area contributed by atoms with Crippen molar-refractivity contribution in [2.75, 3.05) is 27.2 Å². The smallest absolute Gasteiger partial charge is 0.295 e. The number of aliphatic hydroxyl groups is 1. The molecule has 1 saturated heterocycles. The number of pyridine rings is 1.